The van der Waals surface area contributed by atoms with Crippen molar-refractivity contribution < 1.29 is 77.3 Å². The van der Waals surface area contributed by atoms with Crippen molar-refractivity contribution in [2.24, 2.45) is 0 Å². The van der Waals surface area contributed by atoms with Crippen LogP contribution in [-0.4, -0.2) is 38.2 Å². The Morgan fingerprint density at radius 3 is 0.800 bits per heavy atom. The standard InChI is InChI=1S/C16H36P.2CH2O.3BrH.Co/c1-5-9-13-17(14-10-6-2,15-11-7-3)16-12-8-4;2*1-2;;;;/h5-16H2,1-4H3;2*1H2;3*1H;/q+1;;;;;;+2/p-3. The summed E-state index contributed by atoms with van der Waals surface area (Å²) in [6.07, 6.45) is 17.9. The van der Waals surface area contributed by atoms with Gasteiger partial charge < -0.3 is 60.5 Å². The molecule has 0 aliphatic carbocycles. The van der Waals surface area contributed by atoms with Gasteiger partial charge in [0.05, 0.1) is 24.6 Å². The number of hydrogen-bond acceptors (Lipinski definition) is 2. The third-order valence-corrected chi connectivity index (χ3v) is 9.00. The van der Waals surface area contributed by atoms with Gasteiger partial charge in [0.15, 0.2) is 0 Å². The molecule has 25 heavy (non-hydrogen) atoms. The van der Waals surface area contributed by atoms with Crippen LogP contribution in [0.15, 0.2) is 0 Å². The maximum atomic E-state index is 8.00. The smallest absolute Gasteiger partial charge is 1.00 e. The molecule has 0 rings (SSSR count). The summed E-state index contributed by atoms with van der Waals surface area (Å²) in [4.78, 5) is 16.0. The number of halogens is 3. The van der Waals surface area contributed by atoms with Gasteiger partial charge in [0.25, 0.3) is 0 Å². The summed E-state index contributed by atoms with van der Waals surface area (Å²) in [7, 11) is -0.562. The van der Waals surface area contributed by atoms with E-state index < -0.39 is 7.26 Å². The Labute approximate surface area is 200 Å². The first-order valence-electron chi connectivity index (χ1n) is 8.67. The fraction of sp³-hybridized carbons (Fsp3) is 0.889. The van der Waals surface area contributed by atoms with Crippen molar-refractivity contribution in [2.75, 3.05) is 24.6 Å². The molecule has 0 aliphatic rings. The van der Waals surface area contributed by atoms with E-state index in [9.17, 15) is 0 Å². The molecule has 0 saturated heterocycles. The molecule has 0 spiro atoms. The molecular weight excluding hydrogens is 578 g/mol. The van der Waals surface area contributed by atoms with Gasteiger partial charge in [0.2, 0.25) is 0 Å². The van der Waals surface area contributed by atoms with Crippen molar-refractivity contribution in [1.82, 2.24) is 0 Å². The van der Waals surface area contributed by atoms with Gasteiger partial charge in [-0.05, 0) is 25.7 Å². The second kappa shape index (κ2) is 40.4. The summed E-state index contributed by atoms with van der Waals surface area (Å²) in [6.45, 7) is 13.4. The topological polar surface area (TPSA) is 34.1 Å². The molecule has 7 heteroatoms. The Morgan fingerprint density at radius 1 is 0.520 bits per heavy atom. The number of carbonyl (C=O) groups is 2. The van der Waals surface area contributed by atoms with E-state index in [0.29, 0.717) is 0 Å². The molecular formula is C18H40Br3CoO2P. The van der Waals surface area contributed by atoms with E-state index in [1.54, 1.807) is 24.6 Å². The Kier molecular flexibility index (Phi) is 73.5. The molecule has 1 radical (unpaired) electrons. The maximum Gasteiger partial charge on any atom is 2.00 e. The second-order valence-corrected chi connectivity index (χ2v) is 10.1. The quantitative estimate of drug-likeness (QED) is 0.217. The molecule has 0 aromatic heterocycles. The Bertz CT molecular complexity index is 166. The van der Waals surface area contributed by atoms with Crippen LogP contribution in [0, 0.1) is 0 Å². The van der Waals surface area contributed by atoms with E-state index in [1.807, 2.05) is 13.6 Å². The van der Waals surface area contributed by atoms with Crippen LogP contribution >= 0.6 is 7.26 Å². The predicted molar refractivity (Wildman–Crippen MR) is 100 cm³/mol. The zero-order chi connectivity index (χ0) is 17.0. The molecule has 0 bridgehead atoms. The van der Waals surface area contributed by atoms with E-state index in [1.165, 1.54) is 51.4 Å². The van der Waals surface area contributed by atoms with Crippen molar-refractivity contribution >= 4 is 20.8 Å². The van der Waals surface area contributed by atoms with Gasteiger partial charge in [-0.2, -0.15) is 0 Å². The first-order valence-corrected chi connectivity index (χ1v) is 11.2. The zero-order valence-electron chi connectivity index (χ0n) is 16.6. The first kappa shape index (κ1) is 45.5. The van der Waals surface area contributed by atoms with Gasteiger partial charge in [0, 0.05) is 7.26 Å². The molecule has 2 nitrogen and oxygen atoms in total. The predicted octanol–water partition coefficient (Wildman–Crippen LogP) is -3.16. The zero-order valence-corrected chi connectivity index (χ0v) is 23.3. The third-order valence-electron chi connectivity index (χ3n) is 3.94. The minimum Gasteiger partial charge on any atom is -1.00 e. The van der Waals surface area contributed by atoms with Crippen molar-refractivity contribution in [3.63, 3.8) is 0 Å². The SMILES string of the molecule is C=O.C=O.CCCC[P+](CCCC)(CCCC)CCCC.[Br-].[Br-].[Br-].[Co+2]. The normalized spacial score (nSPS) is 8.48. The van der Waals surface area contributed by atoms with Crippen LogP contribution < -0.4 is 50.9 Å². The summed E-state index contributed by atoms with van der Waals surface area (Å²) < 4.78 is 0. The molecule has 0 fully saturated rings. The largest absolute Gasteiger partial charge is 2.00 e. The van der Waals surface area contributed by atoms with Crippen molar-refractivity contribution in [2.45, 2.75) is 79.1 Å². The van der Waals surface area contributed by atoms with Crippen LogP contribution in [-0.2, 0) is 26.4 Å². The molecule has 0 saturated carbocycles. The van der Waals surface area contributed by atoms with E-state index in [4.69, 9.17) is 9.59 Å². The van der Waals surface area contributed by atoms with Crippen molar-refractivity contribution in [3.8, 4) is 0 Å². The third kappa shape index (κ3) is 30.7. The molecule has 0 atom stereocenters. The molecule has 0 aromatic rings. The number of carbonyl (C=O) groups excluding carboxylic acids is 2. The second-order valence-electron chi connectivity index (χ2n) is 5.65. The Balaban J connectivity index is -0.0000000751. The molecule has 0 heterocycles. The number of rotatable bonds is 12. The van der Waals surface area contributed by atoms with Gasteiger partial charge in [0.1, 0.15) is 13.6 Å². The van der Waals surface area contributed by atoms with Crippen LogP contribution in [0.5, 0.6) is 0 Å². The Morgan fingerprint density at radius 2 is 0.680 bits per heavy atom. The van der Waals surface area contributed by atoms with Crippen LogP contribution in [0.3, 0.4) is 0 Å². The summed E-state index contributed by atoms with van der Waals surface area (Å²) in [5.41, 5.74) is 0. The molecule has 159 valence electrons. The molecule has 0 aliphatic heterocycles. The summed E-state index contributed by atoms with van der Waals surface area (Å²) in [5, 5.41) is 0. The van der Waals surface area contributed by atoms with Crippen LogP contribution in [0.4, 0.5) is 0 Å². The Hall–Kier alpha value is 1.72. The molecule has 0 aromatic carbocycles. The molecule has 0 unspecified atom stereocenters. The van der Waals surface area contributed by atoms with Crippen LogP contribution in [0.2, 0.25) is 0 Å². The van der Waals surface area contributed by atoms with E-state index >= 15 is 0 Å². The van der Waals surface area contributed by atoms with E-state index in [0.717, 1.165) is 0 Å². The average molecular weight is 618 g/mol. The fourth-order valence-electron chi connectivity index (χ4n) is 2.64. The van der Waals surface area contributed by atoms with Gasteiger partial charge in [-0.3, -0.25) is 0 Å². The monoisotopic (exact) mass is 615 g/mol. The molecule has 0 amide bonds. The van der Waals surface area contributed by atoms with Gasteiger partial charge in [-0.15, -0.1) is 0 Å². The van der Waals surface area contributed by atoms with Crippen molar-refractivity contribution in [1.29, 1.82) is 0 Å². The van der Waals surface area contributed by atoms with Gasteiger partial charge in [-0.1, -0.05) is 53.4 Å². The first-order chi connectivity index (χ1) is 10.2. The number of unbranched alkanes of at least 4 members (excludes halogenated alkanes) is 4. The summed E-state index contributed by atoms with van der Waals surface area (Å²) in [6, 6.07) is 0. The fourth-order valence-corrected chi connectivity index (χ4v) is 7.93. The van der Waals surface area contributed by atoms with E-state index in [2.05, 4.69) is 27.7 Å². The van der Waals surface area contributed by atoms with Crippen LogP contribution in [0.1, 0.15) is 79.1 Å². The minimum atomic E-state index is -0.562. The summed E-state index contributed by atoms with van der Waals surface area (Å²) >= 11 is 0. The maximum absolute atomic E-state index is 8.00. The minimum absolute atomic E-state index is 0. The van der Waals surface area contributed by atoms with Gasteiger partial charge >= 0.3 is 16.8 Å². The summed E-state index contributed by atoms with van der Waals surface area (Å²) in [5.74, 6) is 0. The van der Waals surface area contributed by atoms with E-state index in [-0.39, 0.29) is 67.7 Å². The van der Waals surface area contributed by atoms with Gasteiger partial charge in [-0.25, -0.2) is 0 Å². The van der Waals surface area contributed by atoms with Crippen molar-refractivity contribution in [3.05, 3.63) is 0 Å². The van der Waals surface area contributed by atoms with Crippen LogP contribution in [0.25, 0.3) is 0 Å². The average Bonchev–Trinajstić information content (AvgIpc) is 2.57. The molecule has 0 N–H and O–H groups in total. The number of hydrogen-bond donors (Lipinski definition) is 0.